The molecule has 3 aliphatic heterocycles. The number of nitrogens with one attached hydrogen (secondary N) is 2. The minimum absolute atomic E-state index is 0.214. The van der Waals surface area contributed by atoms with E-state index in [1.807, 2.05) is 0 Å². The van der Waals surface area contributed by atoms with E-state index in [9.17, 15) is 75.7 Å². The molecule has 3 saturated heterocycles. The highest BCUT2D eigenvalue weighted by Gasteiger charge is 2.60. The summed E-state index contributed by atoms with van der Waals surface area (Å²) in [6.07, 6.45) is 6.70. The largest absolute Gasteiger partial charge is 0.477 e. The molecule has 3 fully saturated rings. The minimum Gasteiger partial charge on any atom is -0.477 e. The van der Waals surface area contributed by atoms with Crippen molar-refractivity contribution in [1.82, 2.24) is 10.6 Å². The molecule has 23 heteroatoms. The van der Waals surface area contributed by atoms with Crippen LogP contribution >= 0.6 is 0 Å². The van der Waals surface area contributed by atoms with Crippen LogP contribution in [-0.2, 0) is 42.8 Å². The summed E-state index contributed by atoms with van der Waals surface area (Å²) in [6, 6.07) is -2.53. The number of carbonyl (C=O) groups is 3. The van der Waals surface area contributed by atoms with Crippen LogP contribution in [0.25, 0.3) is 0 Å². The van der Waals surface area contributed by atoms with Gasteiger partial charge in [-0.05, 0) is 38.5 Å². The molecule has 3 heterocycles. The van der Waals surface area contributed by atoms with E-state index in [2.05, 4.69) is 36.6 Å². The first-order valence-corrected chi connectivity index (χ1v) is 31.5. The van der Waals surface area contributed by atoms with Crippen molar-refractivity contribution in [2.24, 2.45) is 0 Å². The Morgan fingerprint density at radius 1 is 0.614 bits per heavy atom. The number of carboxylic acids is 1. The van der Waals surface area contributed by atoms with Gasteiger partial charge in [0, 0.05) is 19.8 Å². The van der Waals surface area contributed by atoms with E-state index in [0.717, 1.165) is 71.1 Å². The number of aliphatic hydroxyl groups is 11. The van der Waals surface area contributed by atoms with Crippen molar-refractivity contribution in [3.05, 3.63) is 12.2 Å². The summed E-state index contributed by atoms with van der Waals surface area (Å²) in [5.41, 5.74) is 0. The molecule has 3 aliphatic rings. The van der Waals surface area contributed by atoms with Gasteiger partial charge in [-0.1, -0.05) is 167 Å². The van der Waals surface area contributed by atoms with E-state index < -0.39 is 148 Å². The molecule has 0 aliphatic carbocycles. The maximum atomic E-state index is 13.4. The number of carbonyl (C=O) groups excluding carboxylic acids is 2. The summed E-state index contributed by atoms with van der Waals surface area (Å²) in [7, 11) is 0. The number of carboxylic acid groups (broad SMARTS) is 1. The van der Waals surface area contributed by atoms with Crippen molar-refractivity contribution in [2.45, 2.75) is 323 Å². The number of rotatable bonds is 46. The molecule has 3 rings (SSSR count). The van der Waals surface area contributed by atoms with E-state index in [1.165, 1.54) is 96.3 Å². The minimum atomic E-state index is -3.08. The molecule has 0 aromatic heterocycles. The quantitative estimate of drug-likeness (QED) is 0.0306. The highest BCUT2D eigenvalue weighted by Crippen LogP contribution is 2.38. The topological polar surface area (TPSA) is 373 Å². The van der Waals surface area contributed by atoms with Gasteiger partial charge in [0.15, 0.2) is 12.6 Å². The molecule has 14 N–H and O–H groups in total. The number of allylic oxidation sites excluding steroid dienone is 2. The van der Waals surface area contributed by atoms with Crippen molar-refractivity contribution in [3.63, 3.8) is 0 Å². The fourth-order valence-electron chi connectivity index (χ4n) is 11.1. The Morgan fingerprint density at radius 3 is 1.63 bits per heavy atom. The average Bonchev–Trinajstić information content (AvgIpc) is 2.23. The standard InChI is InChI=1S/C60H110N2O21/c1-4-6-8-10-12-14-16-17-18-19-20-21-22-24-26-28-30-32-34-47(70)62-41(42(67)33-31-29-27-25-23-15-13-11-9-7-5-2)39-78-57-52(74)51(73)54(46(38-65)80-57)81-58-53(75)56(50(72)45(37-64)79-58)83-60(59(76)77)35-43(68)48(61-40(3)66)55(82-60)49(71)44(69)36-63/h20-21,41-46,48-58,63-65,67-69,71-75H,4-19,22-39H2,1-3H3,(H,61,66)(H,62,70)(H,76,77)/b21-20-. The van der Waals surface area contributed by atoms with Gasteiger partial charge in [-0.3, -0.25) is 9.59 Å². The molecule has 486 valence electrons. The normalized spacial score (nSPS) is 30.0. The van der Waals surface area contributed by atoms with Gasteiger partial charge in [-0.15, -0.1) is 0 Å². The number of unbranched alkanes of at least 4 members (excludes halogenated alkanes) is 24. The average molecular weight is 1200 g/mol. The number of hydrogen-bond donors (Lipinski definition) is 14. The molecule has 0 spiro atoms. The van der Waals surface area contributed by atoms with Gasteiger partial charge >= 0.3 is 5.97 Å². The fraction of sp³-hybridized carbons (Fsp3) is 0.917. The van der Waals surface area contributed by atoms with Crippen molar-refractivity contribution in [3.8, 4) is 0 Å². The van der Waals surface area contributed by atoms with Gasteiger partial charge in [0.2, 0.25) is 11.8 Å². The Morgan fingerprint density at radius 2 is 1.12 bits per heavy atom. The molecule has 2 amide bonds. The predicted octanol–water partition coefficient (Wildman–Crippen LogP) is 3.56. The number of hydrogen-bond acceptors (Lipinski definition) is 20. The summed E-state index contributed by atoms with van der Waals surface area (Å²) in [5, 5.41) is 136. The van der Waals surface area contributed by atoms with Crippen LogP contribution in [0, 0.1) is 0 Å². The number of ether oxygens (including phenoxy) is 6. The molecule has 0 aromatic rings. The second kappa shape index (κ2) is 42.4. The summed E-state index contributed by atoms with van der Waals surface area (Å²) in [5.74, 6) is -6.11. The van der Waals surface area contributed by atoms with E-state index in [4.69, 9.17) is 28.4 Å². The zero-order valence-electron chi connectivity index (χ0n) is 50.1. The Balaban J connectivity index is 1.63. The lowest BCUT2D eigenvalue weighted by Gasteiger charge is -2.50. The van der Waals surface area contributed by atoms with Crippen LogP contribution in [0.1, 0.15) is 213 Å². The highest BCUT2D eigenvalue weighted by molar-refractivity contribution is 5.77. The van der Waals surface area contributed by atoms with Crippen LogP contribution in [0.5, 0.6) is 0 Å². The molecule has 18 unspecified atom stereocenters. The Hall–Kier alpha value is -2.53. The lowest BCUT2D eigenvalue weighted by atomic mass is 9.88. The maximum Gasteiger partial charge on any atom is 0.364 e. The second-order valence-corrected chi connectivity index (χ2v) is 23.3. The molecular formula is C60H110N2O21. The van der Waals surface area contributed by atoms with Crippen LogP contribution in [0.2, 0.25) is 0 Å². The molecule has 0 radical (unpaired) electrons. The molecule has 83 heavy (non-hydrogen) atoms. The fourth-order valence-corrected chi connectivity index (χ4v) is 11.1. The first-order valence-electron chi connectivity index (χ1n) is 31.5. The van der Waals surface area contributed by atoms with Gasteiger partial charge in [-0.2, -0.15) is 0 Å². The van der Waals surface area contributed by atoms with Gasteiger partial charge in [0.25, 0.3) is 5.79 Å². The van der Waals surface area contributed by atoms with Crippen LogP contribution in [0.15, 0.2) is 12.2 Å². The van der Waals surface area contributed by atoms with Gasteiger partial charge in [0.1, 0.15) is 67.1 Å². The van der Waals surface area contributed by atoms with Gasteiger partial charge in [-0.25, -0.2) is 4.79 Å². The second-order valence-electron chi connectivity index (χ2n) is 23.3. The summed E-state index contributed by atoms with van der Waals surface area (Å²) in [4.78, 5) is 38.4. The Kier molecular flexibility index (Phi) is 38.1. The number of aliphatic carboxylic acids is 1. The van der Waals surface area contributed by atoms with E-state index in [0.29, 0.717) is 19.3 Å². The van der Waals surface area contributed by atoms with Gasteiger partial charge < -0.3 is 100 Å². The summed E-state index contributed by atoms with van der Waals surface area (Å²) >= 11 is 0. The monoisotopic (exact) mass is 1190 g/mol. The van der Waals surface area contributed by atoms with Crippen LogP contribution in [0.4, 0.5) is 0 Å². The van der Waals surface area contributed by atoms with Crippen LogP contribution < -0.4 is 10.6 Å². The molecular weight excluding hydrogens is 1080 g/mol. The molecule has 18 atom stereocenters. The van der Waals surface area contributed by atoms with Crippen LogP contribution in [0.3, 0.4) is 0 Å². The lowest BCUT2D eigenvalue weighted by Crippen LogP contribution is -2.70. The third kappa shape index (κ3) is 26.4. The predicted molar refractivity (Wildman–Crippen MR) is 306 cm³/mol. The SMILES string of the molecule is CCCCCCCCCCC/C=C\CCCCCCCC(=O)NC(COC1OC(CO)C(OC2OC(CO)C(O)C(OC3(C(=O)O)CC(O)C(NC(C)=O)C(C(O)C(O)CO)O3)C2O)C(O)C1O)C(O)CCCCCCCCCCCCC. The lowest BCUT2D eigenvalue weighted by molar-refractivity contribution is -0.386. The Labute approximate surface area is 492 Å². The first kappa shape index (κ1) is 74.7. The summed E-state index contributed by atoms with van der Waals surface area (Å²) in [6.45, 7) is 2.15. The number of amides is 2. The molecule has 0 bridgehead atoms. The zero-order chi connectivity index (χ0) is 61.2. The third-order valence-electron chi connectivity index (χ3n) is 16.2. The van der Waals surface area contributed by atoms with Crippen molar-refractivity contribution in [2.75, 3.05) is 26.4 Å². The van der Waals surface area contributed by atoms with E-state index >= 15 is 0 Å². The molecule has 23 nitrogen and oxygen atoms in total. The van der Waals surface area contributed by atoms with Crippen molar-refractivity contribution < 1.29 is 104 Å². The molecule has 0 saturated carbocycles. The molecule has 0 aromatic carbocycles. The van der Waals surface area contributed by atoms with E-state index in [1.54, 1.807) is 0 Å². The van der Waals surface area contributed by atoms with Crippen molar-refractivity contribution >= 4 is 17.8 Å². The Bertz CT molecular complexity index is 1750. The smallest absolute Gasteiger partial charge is 0.364 e. The number of aliphatic hydroxyl groups excluding tert-OH is 11. The highest BCUT2D eigenvalue weighted by atomic mass is 16.8. The maximum absolute atomic E-state index is 13.4. The summed E-state index contributed by atoms with van der Waals surface area (Å²) < 4.78 is 34.7. The van der Waals surface area contributed by atoms with E-state index in [-0.39, 0.29) is 18.9 Å². The third-order valence-corrected chi connectivity index (χ3v) is 16.2. The van der Waals surface area contributed by atoms with Crippen molar-refractivity contribution in [1.29, 1.82) is 0 Å². The first-order chi connectivity index (χ1) is 39.9. The van der Waals surface area contributed by atoms with Crippen LogP contribution in [-0.4, -0.2) is 215 Å². The zero-order valence-corrected chi connectivity index (χ0v) is 50.1. The van der Waals surface area contributed by atoms with Gasteiger partial charge in [0.05, 0.1) is 50.7 Å².